The van der Waals surface area contributed by atoms with E-state index in [1.54, 1.807) is 0 Å². The van der Waals surface area contributed by atoms with Crippen LogP contribution in [0.5, 0.6) is 0 Å². The molecule has 0 aromatic heterocycles. The number of rotatable bonds is 0. The average molecular weight is 359 g/mol. The van der Waals surface area contributed by atoms with Gasteiger partial charge in [0.25, 0.3) is 0 Å². The first kappa shape index (κ1) is 18.5. The Balaban J connectivity index is 1.61. The van der Waals surface area contributed by atoms with Crippen LogP contribution < -0.4 is 0 Å². The number of carbonyl (C=O) groups is 1. The van der Waals surface area contributed by atoms with Crippen molar-refractivity contribution in [1.82, 2.24) is 0 Å². The zero-order valence-electron chi connectivity index (χ0n) is 16.5. The Morgan fingerprint density at radius 3 is 2.54 bits per heavy atom. The first-order valence-corrected chi connectivity index (χ1v) is 10.7. The number of ketones is 1. The van der Waals surface area contributed by atoms with Crippen molar-refractivity contribution in [1.29, 1.82) is 0 Å². The molecule has 3 unspecified atom stereocenters. The Kier molecular flexibility index (Phi) is 4.52. The zero-order chi connectivity index (χ0) is 18.7. The number of hydrogen-bond acceptors (Lipinski definition) is 3. The number of hydrogen-bond donors (Lipinski definition) is 2. The molecule has 0 aromatic rings. The summed E-state index contributed by atoms with van der Waals surface area (Å²) < 4.78 is 0. The molecule has 4 saturated carbocycles. The molecule has 0 heterocycles. The summed E-state index contributed by atoms with van der Waals surface area (Å²) in [7, 11) is 0. The number of fused-ring (bicyclic) bond motifs is 5. The normalized spacial score (nSPS) is 50.5. The van der Waals surface area contributed by atoms with Crippen molar-refractivity contribution in [2.45, 2.75) is 78.4 Å². The second-order valence-corrected chi connectivity index (χ2v) is 10.2. The smallest absolute Gasteiger partial charge is 0.217 e. The van der Waals surface area contributed by atoms with Gasteiger partial charge in [-0.2, -0.15) is 0 Å². The van der Waals surface area contributed by atoms with Gasteiger partial charge >= 0.3 is 0 Å². The number of aliphatic hydroxyl groups is 2. The molecule has 4 fully saturated rings. The van der Waals surface area contributed by atoms with Gasteiger partial charge in [-0.15, -0.1) is 0 Å². The predicted octanol–water partition coefficient (Wildman–Crippen LogP) is 3.77. The molecular weight excluding hydrogens is 324 g/mol. The molecule has 0 aromatic carbocycles. The van der Waals surface area contributed by atoms with Crippen LogP contribution in [-0.2, 0) is 4.79 Å². The monoisotopic (exact) mass is 358 g/mol. The number of aliphatic hydroxyl groups excluding tert-OH is 1. The number of Topliss-reactive ketones (excluding diaryl/α,β-unsaturated/α-hetero) is 1. The van der Waals surface area contributed by atoms with E-state index in [0.717, 1.165) is 31.1 Å². The Hall–Kier alpha value is -0.850. The van der Waals surface area contributed by atoms with E-state index >= 15 is 0 Å². The summed E-state index contributed by atoms with van der Waals surface area (Å²) in [6.45, 7) is 7.24. The minimum atomic E-state index is -1.51. The molecule has 3 heteroatoms. The van der Waals surface area contributed by atoms with Gasteiger partial charge in [-0.1, -0.05) is 26.7 Å². The fraction of sp³-hybridized carbons (Fsp3) is 0.870. The third-order valence-corrected chi connectivity index (χ3v) is 9.42. The number of carbonyl (C=O) groups excluding carboxylic acids is 1. The van der Waals surface area contributed by atoms with Crippen LogP contribution in [0.1, 0.15) is 72.1 Å². The highest BCUT2D eigenvalue weighted by molar-refractivity contribution is 5.80. The lowest BCUT2D eigenvalue weighted by Crippen LogP contribution is -2.56. The highest BCUT2D eigenvalue weighted by Gasteiger charge is 2.61. The van der Waals surface area contributed by atoms with Gasteiger partial charge in [0, 0.05) is 18.8 Å². The molecule has 4 aliphatic rings. The molecule has 0 amide bonds. The molecule has 0 radical (unpaired) electrons. The van der Waals surface area contributed by atoms with Gasteiger partial charge in [-0.3, -0.25) is 4.79 Å². The van der Waals surface area contributed by atoms with Crippen LogP contribution in [0.15, 0.2) is 0 Å². The molecule has 0 aliphatic heterocycles. The molecular formula is C23H34O3. The van der Waals surface area contributed by atoms with E-state index in [0.29, 0.717) is 34.9 Å². The maximum absolute atomic E-state index is 12.2. The fourth-order valence-electron chi connectivity index (χ4n) is 7.89. The van der Waals surface area contributed by atoms with E-state index < -0.39 is 6.29 Å². The van der Waals surface area contributed by atoms with E-state index in [-0.39, 0.29) is 5.41 Å². The summed E-state index contributed by atoms with van der Waals surface area (Å²) in [6, 6.07) is 0. The standard InChI is InChI=1S/C23H34O3/c1-14-12-17(24)13-16-4-7-18-19-8-5-15(6-9-21(25)26)22(19,2)11-10-20(18)23(14,16)3/h14-16,18-21,25-26H,4-5,7-8,10-13H2,1-3H3/t14?,15?,16?,18-,19-,20+,22+,23-/m0/s1. The van der Waals surface area contributed by atoms with Crippen LogP contribution in [-0.4, -0.2) is 22.3 Å². The molecule has 0 bridgehead atoms. The molecule has 0 saturated heterocycles. The lowest BCUT2D eigenvalue weighted by Gasteiger charge is -2.62. The van der Waals surface area contributed by atoms with Gasteiger partial charge in [0.15, 0.2) is 0 Å². The summed E-state index contributed by atoms with van der Waals surface area (Å²) in [5.41, 5.74) is 0.545. The van der Waals surface area contributed by atoms with Crippen molar-refractivity contribution in [2.24, 2.45) is 46.3 Å². The Morgan fingerprint density at radius 1 is 1.04 bits per heavy atom. The molecule has 2 N–H and O–H groups in total. The van der Waals surface area contributed by atoms with Crippen molar-refractivity contribution in [3.63, 3.8) is 0 Å². The summed E-state index contributed by atoms with van der Waals surface area (Å²) in [6.07, 6.45) is 7.34. The molecule has 4 rings (SSSR count). The van der Waals surface area contributed by atoms with Gasteiger partial charge < -0.3 is 10.2 Å². The van der Waals surface area contributed by atoms with Crippen molar-refractivity contribution >= 4 is 5.78 Å². The van der Waals surface area contributed by atoms with Crippen LogP contribution in [0.2, 0.25) is 0 Å². The Bertz CT molecular complexity index is 644. The summed E-state index contributed by atoms with van der Waals surface area (Å²) in [5.74, 6) is 9.90. The lowest BCUT2D eigenvalue weighted by molar-refractivity contribution is -0.150. The van der Waals surface area contributed by atoms with Crippen LogP contribution in [0.3, 0.4) is 0 Å². The van der Waals surface area contributed by atoms with Crippen molar-refractivity contribution < 1.29 is 15.0 Å². The average Bonchev–Trinajstić information content (AvgIpc) is 2.91. The van der Waals surface area contributed by atoms with E-state index in [1.165, 1.54) is 32.1 Å². The molecule has 8 atom stereocenters. The first-order chi connectivity index (χ1) is 12.3. The van der Waals surface area contributed by atoms with Crippen molar-refractivity contribution in [3.8, 4) is 11.8 Å². The first-order valence-electron chi connectivity index (χ1n) is 10.7. The third kappa shape index (κ3) is 2.60. The molecule has 0 spiro atoms. The van der Waals surface area contributed by atoms with E-state index in [4.69, 9.17) is 10.2 Å². The minimum absolute atomic E-state index is 0.222. The Morgan fingerprint density at radius 2 is 1.81 bits per heavy atom. The van der Waals surface area contributed by atoms with Gasteiger partial charge in [0.1, 0.15) is 5.78 Å². The largest absolute Gasteiger partial charge is 0.358 e. The van der Waals surface area contributed by atoms with Gasteiger partial charge in [-0.25, -0.2) is 0 Å². The van der Waals surface area contributed by atoms with E-state index in [9.17, 15) is 4.79 Å². The summed E-state index contributed by atoms with van der Waals surface area (Å²) in [4.78, 5) is 12.2. The molecule has 144 valence electrons. The van der Waals surface area contributed by atoms with Crippen LogP contribution in [0.4, 0.5) is 0 Å². The topological polar surface area (TPSA) is 57.5 Å². The SMILES string of the molecule is CC1CC(=O)CC2CC[C@@H]3[C@@H](CC[C@]4(C)C(C#CC(O)O)CC[C@@H]34)[C@@]12C. The molecule has 3 nitrogen and oxygen atoms in total. The fourth-order valence-corrected chi connectivity index (χ4v) is 7.89. The van der Waals surface area contributed by atoms with Crippen molar-refractivity contribution in [2.75, 3.05) is 0 Å². The van der Waals surface area contributed by atoms with Crippen LogP contribution in [0.25, 0.3) is 0 Å². The van der Waals surface area contributed by atoms with Gasteiger partial charge in [-0.05, 0) is 84.9 Å². The lowest BCUT2D eigenvalue weighted by atomic mass is 9.43. The van der Waals surface area contributed by atoms with Gasteiger partial charge in [0.05, 0.1) is 0 Å². The quantitative estimate of drug-likeness (QED) is 0.512. The predicted molar refractivity (Wildman–Crippen MR) is 101 cm³/mol. The maximum Gasteiger partial charge on any atom is 0.217 e. The van der Waals surface area contributed by atoms with Crippen LogP contribution >= 0.6 is 0 Å². The van der Waals surface area contributed by atoms with Crippen molar-refractivity contribution in [3.05, 3.63) is 0 Å². The van der Waals surface area contributed by atoms with E-state index in [2.05, 4.69) is 32.6 Å². The minimum Gasteiger partial charge on any atom is -0.358 e. The third-order valence-electron chi connectivity index (χ3n) is 9.42. The molecule has 4 aliphatic carbocycles. The second-order valence-electron chi connectivity index (χ2n) is 10.2. The zero-order valence-corrected chi connectivity index (χ0v) is 16.5. The second kappa shape index (κ2) is 6.35. The maximum atomic E-state index is 12.2. The van der Waals surface area contributed by atoms with Crippen LogP contribution in [0, 0.1) is 58.2 Å². The summed E-state index contributed by atoms with van der Waals surface area (Å²) in [5, 5.41) is 18.3. The summed E-state index contributed by atoms with van der Waals surface area (Å²) >= 11 is 0. The highest BCUT2D eigenvalue weighted by Crippen LogP contribution is 2.68. The Labute approximate surface area is 157 Å². The van der Waals surface area contributed by atoms with E-state index in [1.807, 2.05) is 0 Å². The molecule has 26 heavy (non-hydrogen) atoms. The van der Waals surface area contributed by atoms with Gasteiger partial charge in [0.2, 0.25) is 6.29 Å². The highest BCUT2D eigenvalue weighted by atomic mass is 16.5.